The minimum Gasteiger partial charge on any atom is -0.496 e. The number of carbonyl (C=O) groups excluding carboxylic acids is 1. The van der Waals surface area contributed by atoms with Crippen molar-refractivity contribution in [2.24, 2.45) is 0 Å². The van der Waals surface area contributed by atoms with Gasteiger partial charge in [-0.3, -0.25) is 9.10 Å². The van der Waals surface area contributed by atoms with Gasteiger partial charge in [-0.05, 0) is 61.5 Å². The third-order valence-electron chi connectivity index (χ3n) is 4.79. The predicted octanol–water partition coefficient (Wildman–Crippen LogP) is 3.74. The predicted molar refractivity (Wildman–Crippen MR) is 123 cm³/mol. The lowest BCUT2D eigenvalue weighted by Gasteiger charge is -2.24. The Balaban J connectivity index is 1.85. The Labute approximate surface area is 192 Å². The molecule has 0 saturated heterocycles. The third-order valence-corrected chi connectivity index (χ3v) is 6.58. The number of nitrogens with one attached hydrogen (secondary N) is 1. The zero-order valence-corrected chi connectivity index (χ0v) is 19.1. The first-order chi connectivity index (χ1) is 15.8. The number of sulfonamides is 1. The number of benzene rings is 3. The zero-order valence-electron chi connectivity index (χ0n) is 18.3. The summed E-state index contributed by atoms with van der Waals surface area (Å²) in [5.74, 6) is 0.0899. The number of halogens is 1. The highest BCUT2D eigenvalue weighted by Gasteiger charge is 2.27. The van der Waals surface area contributed by atoms with Crippen LogP contribution in [0.1, 0.15) is 12.5 Å². The highest BCUT2D eigenvalue weighted by molar-refractivity contribution is 7.92. The lowest BCUT2D eigenvalue weighted by Crippen LogP contribution is -2.40. The van der Waals surface area contributed by atoms with E-state index in [4.69, 9.17) is 9.47 Å². The Morgan fingerprint density at radius 2 is 1.67 bits per heavy atom. The van der Waals surface area contributed by atoms with Crippen LogP contribution in [0.15, 0.2) is 77.7 Å². The maximum Gasteiger partial charge on any atom is 0.264 e. The van der Waals surface area contributed by atoms with Gasteiger partial charge in [-0.15, -0.1) is 0 Å². The van der Waals surface area contributed by atoms with Crippen LogP contribution in [0.3, 0.4) is 0 Å². The fourth-order valence-corrected chi connectivity index (χ4v) is 4.57. The summed E-state index contributed by atoms with van der Waals surface area (Å²) in [4.78, 5) is 12.7. The number of hydrogen-bond donors (Lipinski definition) is 1. The van der Waals surface area contributed by atoms with Crippen LogP contribution in [0.25, 0.3) is 0 Å². The summed E-state index contributed by atoms with van der Waals surface area (Å²) in [6.07, 6.45) is 0. The molecule has 0 aliphatic heterocycles. The summed E-state index contributed by atoms with van der Waals surface area (Å²) in [5, 5.41) is 2.72. The summed E-state index contributed by atoms with van der Waals surface area (Å²) in [5.41, 5.74) is 0.911. The van der Waals surface area contributed by atoms with E-state index in [9.17, 15) is 17.6 Å². The number of anilines is 1. The zero-order chi connectivity index (χ0) is 23.8. The van der Waals surface area contributed by atoms with Crippen molar-refractivity contribution in [3.63, 3.8) is 0 Å². The van der Waals surface area contributed by atoms with Gasteiger partial charge in [0.1, 0.15) is 23.9 Å². The van der Waals surface area contributed by atoms with Gasteiger partial charge < -0.3 is 14.8 Å². The molecule has 0 aromatic heterocycles. The van der Waals surface area contributed by atoms with E-state index < -0.39 is 28.3 Å². The Kier molecular flexibility index (Phi) is 7.89. The van der Waals surface area contributed by atoms with Crippen molar-refractivity contribution < 1.29 is 27.1 Å². The van der Waals surface area contributed by atoms with Gasteiger partial charge >= 0.3 is 0 Å². The van der Waals surface area contributed by atoms with Crippen molar-refractivity contribution in [3.8, 4) is 11.5 Å². The first-order valence-corrected chi connectivity index (χ1v) is 11.7. The third kappa shape index (κ3) is 6.01. The van der Waals surface area contributed by atoms with E-state index in [0.29, 0.717) is 18.1 Å². The van der Waals surface area contributed by atoms with Crippen LogP contribution < -0.4 is 19.1 Å². The Hall–Kier alpha value is -3.59. The summed E-state index contributed by atoms with van der Waals surface area (Å²) in [6, 6.07) is 18.0. The Bertz CT molecular complexity index is 1180. The van der Waals surface area contributed by atoms with Gasteiger partial charge in [-0.1, -0.05) is 18.2 Å². The number of para-hydroxylation sites is 1. The van der Waals surface area contributed by atoms with Crippen molar-refractivity contribution >= 4 is 21.6 Å². The van der Waals surface area contributed by atoms with E-state index in [1.165, 1.54) is 31.4 Å². The molecule has 0 atom stereocenters. The van der Waals surface area contributed by atoms with Crippen LogP contribution in [0.2, 0.25) is 0 Å². The molecule has 0 fully saturated rings. The molecule has 0 unspecified atom stereocenters. The molecule has 174 valence electrons. The molecule has 0 saturated carbocycles. The molecule has 0 heterocycles. The number of methoxy groups -OCH3 is 1. The fraction of sp³-hybridized carbons (Fsp3) is 0.208. The van der Waals surface area contributed by atoms with Crippen LogP contribution in [-0.2, 0) is 21.4 Å². The van der Waals surface area contributed by atoms with Gasteiger partial charge in [0.2, 0.25) is 5.91 Å². The second kappa shape index (κ2) is 10.8. The highest BCUT2D eigenvalue weighted by atomic mass is 32.2. The number of nitrogens with zero attached hydrogens (tertiary/aromatic N) is 1. The topological polar surface area (TPSA) is 84.9 Å². The first-order valence-electron chi connectivity index (χ1n) is 10.2. The number of rotatable bonds is 10. The average Bonchev–Trinajstić information content (AvgIpc) is 2.82. The summed E-state index contributed by atoms with van der Waals surface area (Å²) >= 11 is 0. The Morgan fingerprint density at radius 3 is 2.30 bits per heavy atom. The van der Waals surface area contributed by atoms with Crippen molar-refractivity contribution in [3.05, 3.63) is 84.2 Å². The van der Waals surface area contributed by atoms with Gasteiger partial charge in [-0.2, -0.15) is 0 Å². The molecular formula is C24H25FN2O5S. The monoisotopic (exact) mass is 472 g/mol. The molecule has 0 bridgehead atoms. The SMILES string of the molecule is CCOc1ccc(S(=O)(=O)N(CC(=O)NCc2ccccc2OC)c2ccc(F)cc2)cc1. The molecule has 0 aliphatic carbocycles. The van der Waals surface area contributed by atoms with Crippen LogP contribution in [0, 0.1) is 5.82 Å². The molecule has 9 heteroatoms. The largest absolute Gasteiger partial charge is 0.496 e. The molecule has 3 aromatic rings. The van der Waals surface area contributed by atoms with Crippen molar-refractivity contribution in [1.29, 1.82) is 0 Å². The molecule has 0 aliphatic rings. The lowest BCUT2D eigenvalue weighted by molar-refractivity contribution is -0.119. The van der Waals surface area contributed by atoms with E-state index >= 15 is 0 Å². The standard InChI is InChI=1S/C24H25FN2O5S/c1-3-32-21-12-14-22(15-13-21)33(29,30)27(20-10-8-19(25)9-11-20)17-24(28)26-16-18-6-4-5-7-23(18)31-2/h4-15H,3,16-17H2,1-2H3,(H,26,28). The van der Waals surface area contributed by atoms with E-state index in [0.717, 1.165) is 22.0 Å². The maximum absolute atomic E-state index is 13.5. The summed E-state index contributed by atoms with van der Waals surface area (Å²) < 4.78 is 51.8. The van der Waals surface area contributed by atoms with Gasteiger partial charge in [0, 0.05) is 12.1 Å². The number of ether oxygens (including phenoxy) is 2. The van der Waals surface area contributed by atoms with Crippen LogP contribution in [-0.4, -0.2) is 34.6 Å². The normalized spacial score (nSPS) is 11.0. The first kappa shape index (κ1) is 24.1. The quantitative estimate of drug-likeness (QED) is 0.486. The second-order valence-corrected chi connectivity index (χ2v) is 8.84. The van der Waals surface area contributed by atoms with E-state index in [-0.39, 0.29) is 17.1 Å². The van der Waals surface area contributed by atoms with Gasteiger partial charge in [0.05, 0.1) is 24.3 Å². The molecule has 33 heavy (non-hydrogen) atoms. The maximum atomic E-state index is 13.5. The molecule has 1 N–H and O–H groups in total. The summed E-state index contributed by atoms with van der Waals surface area (Å²) in [6.45, 7) is 1.93. The Morgan fingerprint density at radius 1 is 1.00 bits per heavy atom. The number of hydrogen-bond acceptors (Lipinski definition) is 5. The number of carbonyl (C=O) groups is 1. The van der Waals surface area contributed by atoms with Crippen LogP contribution in [0.5, 0.6) is 11.5 Å². The highest BCUT2D eigenvalue weighted by Crippen LogP contribution is 2.25. The van der Waals surface area contributed by atoms with E-state index in [2.05, 4.69) is 5.32 Å². The molecule has 3 rings (SSSR count). The van der Waals surface area contributed by atoms with Crippen molar-refractivity contribution in [1.82, 2.24) is 5.32 Å². The minimum absolute atomic E-state index is 0.0205. The molecule has 1 amide bonds. The van der Waals surface area contributed by atoms with Crippen molar-refractivity contribution in [2.45, 2.75) is 18.4 Å². The van der Waals surface area contributed by atoms with Gasteiger partial charge in [0.25, 0.3) is 10.0 Å². The smallest absolute Gasteiger partial charge is 0.264 e. The minimum atomic E-state index is -4.12. The average molecular weight is 473 g/mol. The number of amides is 1. The van der Waals surface area contributed by atoms with Gasteiger partial charge in [-0.25, -0.2) is 12.8 Å². The molecule has 7 nitrogen and oxygen atoms in total. The summed E-state index contributed by atoms with van der Waals surface area (Å²) in [7, 11) is -2.59. The molecule has 0 radical (unpaired) electrons. The van der Waals surface area contributed by atoms with E-state index in [1.807, 2.05) is 19.1 Å². The second-order valence-electron chi connectivity index (χ2n) is 6.98. The fourth-order valence-electron chi connectivity index (χ4n) is 3.15. The van der Waals surface area contributed by atoms with E-state index in [1.54, 1.807) is 24.3 Å². The molecular weight excluding hydrogens is 447 g/mol. The van der Waals surface area contributed by atoms with Gasteiger partial charge in [0.15, 0.2) is 0 Å². The lowest BCUT2D eigenvalue weighted by atomic mass is 10.2. The molecule has 3 aromatic carbocycles. The molecule has 0 spiro atoms. The van der Waals surface area contributed by atoms with Crippen molar-refractivity contribution in [2.75, 3.05) is 24.6 Å². The van der Waals surface area contributed by atoms with Crippen LogP contribution in [0.4, 0.5) is 10.1 Å². The van der Waals surface area contributed by atoms with Crippen LogP contribution >= 0.6 is 0 Å².